The maximum absolute atomic E-state index is 12.4. The van der Waals surface area contributed by atoms with Crippen molar-refractivity contribution in [2.75, 3.05) is 28.7 Å². The molecular weight excluding hydrogens is 425 g/mol. The summed E-state index contributed by atoms with van der Waals surface area (Å²) in [6.07, 6.45) is 0.470. The van der Waals surface area contributed by atoms with Crippen LogP contribution >= 0.6 is 48.2 Å². The molecule has 1 saturated heterocycles. The summed E-state index contributed by atoms with van der Waals surface area (Å²) in [6, 6.07) is 15.9. The third kappa shape index (κ3) is 7.80. The Morgan fingerprint density at radius 3 is 2.63 bits per heavy atom. The van der Waals surface area contributed by atoms with Crippen molar-refractivity contribution >= 4 is 65.5 Å². The van der Waals surface area contributed by atoms with Crippen LogP contribution in [0.3, 0.4) is 0 Å². The highest BCUT2D eigenvalue weighted by Crippen LogP contribution is 2.27. The summed E-state index contributed by atoms with van der Waals surface area (Å²) in [5, 5.41) is 10.4. The number of carbonyl (C=O) groups excluding carboxylic acids is 1. The average molecular weight is 449 g/mol. The molecule has 0 radical (unpaired) electrons. The molecule has 8 heteroatoms. The maximum Gasteiger partial charge on any atom is 0.226 e. The van der Waals surface area contributed by atoms with Gasteiger partial charge in [0.2, 0.25) is 5.91 Å². The number of rotatable bonds is 6. The van der Waals surface area contributed by atoms with Gasteiger partial charge in [-0.15, -0.1) is 24.8 Å². The summed E-state index contributed by atoms with van der Waals surface area (Å²) in [4.78, 5) is 12.4. The Hall–Kier alpha value is -1.11. The van der Waals surface area contributed by atoms with Crippen molar-refractivity contribution in [1.29, 1.82) is 0 Å². The number of hydrogen-bond donors (Lipinski definition) is 3. The molecule has 0 aliphatic carbocycles. The number of halogens is 3. The van der Waals surface area contributed by atoms with Crippen molar-refractivity contribution in [3.63, 3.8) is 0 Å². The molecule has 1 aliphatic heterocycles. The first-order valence-electron chi connectivity index (χ1n) is 8.39. The molecule has 148 valence electrons. The fraction of sp³-hybridized carbons (Fsp3) is 0.316. The highest BCUT2D eigenvalue weighted by molar-refractivity contribution is 7.99. The topological polar surface area (TPSA) is 53.2 Å². The molecule has 2 aromatic rings. The van der Waals surface area contributed by atoms with E-state index in [0.29, 0.717) is 18.0 Å². The zero-order chi connectivity index (χ0) is 17.5. The third-order valence-corrected chi connectivity index (χ3v) is 5.38. The van der Waals surface area contributed by atoms with Gasteiger partial charge in [-0.2, -0.15) is 11.8 Å². The van der Waals surface area contributed by atoms with Crippen molar-refractivity contribution in [3.05, 3.63) is 59.1 Å². The molecule has 0 bridgehead atoms. The van der Waals surface area contributed by atoms with Crippen LogP contribution in [-0.4, -0.2) is 30.0 Å². The SMILES string of the molecule is Cl.Cl.O=C(CC1CSCCN1)Nc1cc(Cl)ccc1NCc1ccccc1. The summed E-state index contributed by atoms with van der Waals surface area (Å²) in [5.41, 5.74) is 2.77. The van der Waals surface area contributed by atoms with E-state index in [1.54, 1.807) is 6.07 Å². The molecule has 1 heterocycles. The van der Waals surface area contributed by atoms with E-state index in [0.717, 1.165) is 29.4 Å². The quantitative estimate of drug-likeness (QED) is 0.592. The highest BCUT2D eigenvalue weighted by Gasteiger charge is 2.17. The van der Waals surface area contributed by atoms with Crippen LogP contribution in [0.1, 0.15) is 12.0 Å². The van der Waals surface area contributed by atoms with E-state index in [4.69, 9.17) is 11.6 Å². The third-order valence-electron chi connectivity index (χ3n) is 4.01. The van der Waals surface area contributed by atoms with Crippen molar-refractivity contribution in [2.24, 2.45) is 0 Å². The lowest BCUT2D eigenvalue weighted by molar-refractivity contribution is -0.116. The molecule has 3 rings (SSSR count). The van der Waals surface area contributed by atoms with Crippen LogP contribution in [0.5, 0.6) is 0 Å². The molecule has 0 saturated carbocycles. The molecule has 0 aromatic heterocycles. The van der Waals surface area contributed by atoms with Crippen LogP contribution in [-0.2, 0) is 11.3 Å². The minimum absolute atomic E-state index is 0. The minimum Gasteiger partial charge on any atom is -0.379 e. The van der Waals surface area contributed by atoms with Crippen LogP contribution in [0.2, 0.25) is 5.02 Å². The lowest BCUT2D eigenvalue weighted by Gasteiger charge is -2.23. The molecule has 1 atom stereocenters. The van der Waals surface area contributed by atoms with Crippen LogP contribution in [0.25, 0.3) is 0 Å². The number of hydrogen-bond acceptors (Lipinski definition) is 4. The first-order valence-corrected chi connectivity index (χ1v) is 9.92. The molecule has 0 spiro atoms. The van der Waals surface area contributed by atoms with Gasteiger partial charge >= 0.3 is 0 Å². The number of nitrogens with one attached hydrogen (secondary N) is 3. The second-order valence-electron chi connectivity index (χ2n) is 6.01. The Morgan fingerprint density at radius 2 is 1.93 bits per heavy atom. The fourth-order valence-corrected chi connectivity index (χ4v) is 3.86. The van der Waals surface area contributed by atoms with E-state index in [9.17, 15) is 4.79 Å². The van der Waals surface area contributed by atoms with Gasteiger partial charge in [0.05, 0.1) is 11.4 Å². The van der Waals surface area contributed by atoms with Crippen molar-refractivity contribution in [1.82, 2.24) is 5.32 Å². The Labute approximate surface area is 182 Å². The zero-order valence-corrected chi connectivity index (χ0v) is 17.9. The predicted molar refractivity (Wildman–Crippen MR) is 122 cm³/mol. The first kappa shape index (κ1) is 23.9. The van der Waals surface area contributed by atoms with Gasteiger partial charge in [0, 0.05) is 42.1 Å². The van der Waals surface area contributed by atoms with Gasteiger partial charge in [-0.3, -0.25) is 4.79 Å². The van der Waals surface area contributed by atoms with E-state index in [1.807, 2.05) is 42.1 Å². The van der Waals surface area contributed by atoms with E-state index >= 15 is 0 Å². The molecule has 1 amide bonds. The predicted octanol–water partition coefficient (Wildman–Crippen LogP) is 4.83. The number of carbonyl (C=O) groups is 1. The lowest BCUT2D eigenvalue weighted by Crippen LogP contribution is -2.39. The molecule has 2 aromatic carbocycles. The molecular formula is C19H24Cl3N3OS. The highest BCUT2D eigenvalue weighted by atomic mass is 35.5. The van der Waals surface area contributed by atoms with Crippen molar-refractivity contribution < 1.29 is 4.79 Å². The second kappa shape index (κ2) is 12.4. The summed E-state index contributed by atoms with van der Waals surface area (Å²) in [6.45, 7) is 1.65. The summed E-state index contributed by atoms with van der Waals surface area (Å²) >= 11 is 8.00. The maximum atomic E-state index is 12.4. The minimum atomic E-state index is 0. The molecule has 3 N–H and O–H groups in total. The zero-order valence-electron chi connectivity index (χ0n) is 14.7. The van der Waals surface area contributed by atoms with Gasteiger partial charge in [-0.05, 0) is 23.8 Å². The number of amides is 1. The van der Waals surface area contributed by atoms with Gasteiger partial charge in [0.25, 0.3) is 0 Å². The number of anilines is 2. The van der Waals surface area contributed by atoms with Crippen molar-refractivity contribution in [3.8, 4) is 0 Å². The molecule has 1 aliphatic rings. The Balaban J connectivity index is 0.00000182. The monoisotopic (exact) mass is 447 g/mol. The Kier molecular flexibility index (Phi) is 11.0. The lowest BCUT2D eigenvalue weighted by atomic mass is 10.2. The van der Waals surface area contributed by atoms with E-state index in [-0.39, 0.29) is 36.8 Å². The largest absolute Gasteiger partial charge is 0.379 e. The van der Waals surface area contributed by atoms with Crippen LogP contribution in [0, 0.1) is 0 Å². The van der Waals surface area contributed by atoms with Gasteiger partial charge in [-0.1, -0.05) is 41.9 Å². The van der Waals surface area contributed by atoms with E-state index < -0.39 is 0 Å². The Morgan fingerprint density at radius 1 is 1.15 bits per heavy atom. The summed E-state index contributed by atoms with van der Waals surface area (Å²) < 4.78 is 0. The molecule has 27 heavy (non-hydrogen) atoms. The second-order valence-corrected chi connectivity index (χ2v) is 7.59. The van der Waals surface area contributed by atoms with Crippen LogP contribution < -0.4 is 16.0 Å². The van der Waals surface area contributed by atoms with E-state index in [2.05, 4.69) is 28.1 Å². The summed E-state index contributed by atoms with van der Waals surface area (Å²) in [5.74, 6) is 2.09. The van der Waals surface area contributed by atoms with Crippen LogP contribution in [0.4, 0.5) is 11.4 Å². The smallest absolute Gasteiger partial charge is 0.226 e. The molecule has 1 unspecified atom stereocenters. The first-order chi connectivity index (χ1) is 12.2. The molecule has 1 fully saturated rings. The number of thioether (sulfide) groups is 1. The van der Waals surface area contributed by atoms with Crippen LogP contribution in [0.15, 0.2) is 48.5 Å². The van der Waals surface area contributed by atoms with Gasteiger partial charge in [-0.25, -0.2) is 0 Å². The molecule has 4 nitrogen and oxygen atoms in total. The summed E-state index contributed by atoms with van der Waals surface area (Å²) in [7, 11) is 0. The fourth-order valence-electron chi connectivity index (χ4n) is 2.74. The van der Waals surface area contributed by atoms with Gasteiger partial charge in [0.1, 0.15) is 0 Å². The standard InChI is InChI=1S/C19H22ClN3OS.2ClH/c20-15-6-7-17(22-12-14-4-2-1-3-5-14)18(10-15)23-19(24)11-16-13-25-9-8-21-16;;/h1-7,10,16,21-22H,8-9,11-13H2,(H,23,24);2*1H. The Bertz CT molecular complexity index is 713. The van der Waals surface area contributed by atoms with Crippen molar-refractivity contribution in [2.45, 2.75) is 19.0 Å². The number of benzene rings is 2. The van der Waals surface area contributed by atoms with Gasteiger partial charge < -0.3 is 16.0 Å². The van der Waals surface area contributed by atoms with E-state index in [1.165, 1.54) is 5.56 Å². The van der Waals surface area contributed by atoms with Gasteiger partial charge in [0.15, 0.2) is 0 Å². The average Bonchev–Trinajstić information content (AvgIpc) is 2.63. The normalized spacial score (nSPS) is 15.8.